The van der Waals surface area contributed by atoms with Crippen molar-refractivity contribution < 1.29 is 19.1 Å². The predicted molar refractivity (Wildman–Crippen MR) is 107 cm³/mol. The van der Waals surface area contributed by atoms with Gasteiger partial charge in [-0.05, 0) is 85.5 Å². The van der Waals surface area contributed by atoms with E-state index in [-0.39, 0.29) is 17.5 Å². The molecule has 2 fully saturated rings. The fourth-order valence-electron chi connectivity index (χ4n) is 5.08. The molecule has 0 aromatic heterocycles. The SMILES string of the molecule is COc1ccc(C(=O)C(C(=O)c2ccc(OC)cc2)C2CC3CCC2C3)cc1. The van der Waals surface area contributed by atoms with E-state index in [2.05, 4.69) is 0 Å². The maximum absolute atomic E-state index is 13.5. The molecule has 2 aliphatic rings. The summed E-state index contributed by atoms with van der Waals surface area (Å²) in [5, 5.41) is 0. The first-order valence-electron chi connectivity index (χ1n) is 9.97. The molecule has 146 valence electrons. The van der Waals surface area contributed by atoms with E-state index in [1.165, 1.54) is 6.42 Å². The van der Waals surface area contributed by atoms with Crippen LogP contribution in [0.2, 0.25) is 0 Å². The zero-order valence-electron chi connectivity index (χ0n) is 16.4. The van der Waals surface area contributed by atoms with Gasteiger partial charge in [0.1, 0.15) is 11.5 Å². The molecule has 0 amide bonds. The second kappa shape index (κ2) is 7.78. The van der Waals surface area contributed by atoms with Gasteiger partial charge in [0.15, 0.2) is 11.6 Å². The van der Waals surface area contributed by atoms with Gasteiger partial charge in [0.25, 0.3) is 0 Å². The summed E-state index contributed by atoms with van der Waals surface area (Å²) in [5.74, 6) is 1.95. The first-order valence-corrected chi connectivity index (χ1v) is 9.97. The summed E-state index contributed by atoms with van der Waals surface area (Å²) in [6, 6.07) is 14.2. The molecule has 2 aromatic rings. The molecule has 2 saturated carbocycles. The molecule has 4 heteroatoms. The number of rotatable bonds is 7. The minimum atomic E-state index is -0.614. The van der Waals surface area contributed by atoms with Crippen molar-refractivity contribution in [3.63, 3.8) is 0 Å². The van der Waals surface area contributed by atoms with Gasteiger partial charge in [-0.2, -0.15) is 0 Å². The maximum atomic E-state index is 13.5. The minimum absolute atomic E-state index is 0.0685. The van der Waals surface area contributed by atoms with Gasteiger partial charge < -0.3 is 9.47 Å². The van der Waals surface area contributed by atoms with Gasteiger partial charge in [-0.15, -0.1) is 0 Å². The highest BCUT2D eigenvalue weighted by atomic mass is 16.5. The van der Waals surface area contributed by atoms with Crippen LogP contribution in [-0.2, 0) is 0 Å². The summed E-state index contributed by atoms with van der Waals surface area (Å²) in [5.41, 5.74) is 1.16. The van der Waals surface area contributed by atoms with Crippen LogP contribution >= 0.6 is 0 Å². The molecule has 2 aromatic carbocycles. The Hall–Kier alpha value is -2.62. The maximum Gasteiger partial charge on any atom is 0.173 e. The van der Waals surface area contributed by atoms with Gasteiger partial charge in [0.05, 0.1) is 20.1 Å². The second-order valence-corrected chi connectivity index (χ2v) is 8.00. The lowest BCUT2D eigenvalue weighted by atomic mass is 9.73. The minimum Gasteiger partial charge on any atom is -0.497 e. The predicted octanol–water partition coefficient (Wildman–Crippen LogP) is 4.82. The molecule has 0 aliphatic heterocycles. The van der Waals surface area contributed by atoms with Crippen molar-refractivity contribution in [3.05, 3.63) is 59.7 Å². The normalized spacial score (nSPS) is 23.0. The molecule has 0 heterocycles. The lowest BCUT2D eigenvalue weighted by Crippen LogP contribution is -2.34. The van der Waals surface area contributed by atoms with Crippen molar-refractivity contribution in [2.75, 3.05) is 14.2 Å². The van der Waals surface area contributed by atoms with Crippen molar-refractivity contribution in [2.45, 2.75) is 25.7 Å². The number of methoxy groups -OCH3 is 2. The highest BCUT2D eigenvalue weighted by Gasteiger charge is 2.48. The van der Waals surface area contributed by atoms with Crippen LogP contribution in [0.25, 0.3) is 0 Å². The van der Waals surface area contributed by atoms with Gasteiger partial charge in [-0.25, -0.2) is 0 Å². The number of hydrogen-bond acceptors (Lipinski definition) is 4. The number of carbonyl (C=O) groups excluding carboxylic acids is 2. The number of carbonyl (C=O) groups is 2. The molecule has 3 atom stereocenters. The molecule has 0 radical (unpaired) electrons. The average Bonchev–Trinajstić information content (AvgIpc) is 3.37. The summed E-state index contributed by atoms with van der Waals surface area (Å²) < 4.78 is 10.4. The summed E-state index contributed by atoms with van der Waals surface area (Å²) in [7, 11) is 3.20. The van der Waals surface area contributed by atoms with Gasteiger partial charge in [-0.3, -0.25) is 9.59 Å². The van der Waals surface area contributed by atoms with Crippen LogP contribution in [0.4, 0.5) is 0 Å². The Morgan fingerprint density at radius 2 is 1.29 bits per heavy atom. The van der Waals surface area contributed by atoms with Gasteiger partial charge >= 0.3 is 0 Å². The summed E-state index contributed by atoms with van der Waals surface area (Å²) in [6.45, 7) is 0. The Labute approximate surface area is 165 Å². The first-order chi connectivity index (χ1) is 13.6. The first kappa shape index (κ1) is 18.7. The second-order valence-electron chi connectivity index (χ2n) is 8.00. The van der Waals surface area contributed by atoms with Crippen LogP contribution in [0.3, 0.4) is 0 Å². The van der Waals surface area contributed by atoms with Gasteiger partial charge in [0, 0.05) is 11.1 Å². The summed E-state index contributed by atoms with van der Waals surface area (Å²) in [6.07, 6.45) is 4.52. The molecule has 4 rings (SSSR count). The zero-order valence-corrected chi connectivity index (χ0v) is 16.4. The number of hydrogen-bond donors (Lipinski definition) is 0. The van der Waals surface area contributed by atoms with Gasteiger partial charge in [0.2, 0.25) is 0 Å². The van der Waals surface area contributed by atoms with E-state index in [4.69, 9.17) is 9.47 Å². The van der Waals surface area contributed by atoms with E-state index in [0.717, 1.165) is 19.3 Å². The summed E-state index contributed by atoms with van der Waals surface area (Å²) >= 11 is 0. The Kier molecular flexibility index (Phi) is 5.21. The summed E-state index contributed by atoms with van der Waals surface area (Å²) in [4.78, 5) is 26.9. The Bertz CT molecular complexity index is 794. The highest BCUT2D eigenvalue weighted by Crippen LogP contribution is 2.52. The number of ketones is 2. The number of benzene rings is 2. The number of ether oxygens (including phenoxy) is 2. The monoisotopic (exact) mass is 378 g/mol. The van der Waals surface area contributed by atoms with E-state index < -0.39 is 5.92 Å². The fraction of sp³-hybridized carbons (Fsp3) is 0.417. The fourth-order valence-corrected chi connectivity index (χ4v) is 5.08. The van der Waals surface area contributed by atoms with E-state index in [1.54, 1.807) is 62.8 Å². The third kappa shape index (κ3) is 3.44. The number of Topliss-reactive ketones (excluding diaryl/α,β-unsaturated/α-hetero) is 2. The largest absolute Gasteiger partial charge is 0.497 e. The van der Waals surface area contributed by atoms with Crippen LogP contribution in [0.5, 0.6) is 11.5 Å². The highest BCUT2D eigenvalue weighted by molar-refractivity contribution is 6.16. The van der Waals surface area contributed by atoms with E-state index in [9.17, 15) is 9.59 Å². The van der Waals surface area contributed by atoms with Crippen LogP contribution in [-0.4, -0.2) is 25.8 Å². The van der Waals surface area contributed by atoms with E-state index >= 15 is 0 Å². The molecule has 0 spiro atoms. The van der Waals surface area contributed by atoms with Crippen LogP contribution in [0.15, 0.2) is 48.5 Å². The zero-order chi connectivity index (χ0) is 19.7. The van der Waals surface area contributed by atoms with E-state index in [1.807, 2.05) is 0 Å². The quantitative estimate of drug-likeness (QED) is 0.512. The lowest BCUT2D eigenvalue weighted by Gasteiger charge is -2.29. The smallest absolute Gasteiger partial charge is 0.173 e. The Morgan fingerprint density at radius 1 is 0.786 bits per heavy atom. The average molecular weight is 378 g/mol. The van der Waals surface area contributed by atoms with E-state index in [0.29, 0.717) is 34.5 Å². The van der Waals surface area contributed by atoms with Crippen LogP contribution < -0.4 is 9.47 Å². The molecule has 2 aliphatic carbocycles. The third-order valence-electron chi connectivity index (χ3n) is 6.53. The molecule has 0 N–H and O–H groups in total. The molecule has 2 bridgehead atoms. The van der Waals surface area contributed by atoms with Crippen molar-refractivity contribution in [1.29, 1.82) is 0 Å². The van der Waals surface area contributed by atoms with Crippen molar-refractivity contribution in [2.24, 2.45) is 23.7 Å². The van der Waals surface area contributed by atoms with Crippen molar-refractivity contribution in [1.82, 2.24) is 0 Å². The molecular weight excluding hydrogens is 352 g/mol. The molecule has 28 heavy (non-hydrogen) atoms. The van der Waals surface area contributed by atoms with Gasteiger partial charge in [-0.1, -0.05) is 6.42 Å². The van der Waals surface area contributed by atoms with Crippen LogP contribution in [0.1, 0.15) is 46.4 Å². The Morgan fingerprint density at radius 3 is 1.64 bits per heavy atom. The Balaban J connectivity index is 1.66. The number of fused-ring (bicyclic) bond motifs is 2. The molecule has 0 saturated heterocycles. The molecular formula is C24H26O4. The topological polar surface area (TPSA) is 52.6 Å². The van der Waals surface area contributed by atoms with Crippen LogP contribution in [0, 0.1) is 23.7 Å². The lowest BCUT2D eigenvalue weighted by molar-refractivity contribution is 0.0709. The van der Waals surface area contributed by atoms with Crippen molar-refractivity contribution >= 4 is 11.6 Å². The standard InChI is InChI=1S/C24H26O4/c1-27-19-9-5-16(6-10-19)23(25)22(21-14-15-3-4-18(21)13-15)24(26)17-7-11-20(28-2)12-8-17/h5-12,15,18,21-22H,3-4,13-14H2,1-2H3. The molecule has 3 unspecified atom stereocenters. The van der Waals surface area contributed by atoms with Crippen molar-refractivity contribution in [3.8, 4) is 11.5 Å². The third-order valence-corrected chi connectivity index (χ3v) is 6.53. The molecule has 4 nitrogen and oxygen atoms in total.